The van der Waals surface area contributed by atoms with Crippen molar-refractivity contribution in [3.8, 4) is 11.4 Å². The van der Waals surface area contributed by atoms with E-state index >= 15 is 0 Å². The number of ether oxygens (including phenoxy) is 1. The molecule has 4 aromatic rings. The molecule has 1 aliphatic rings. The van der Waals surface area contributed by atoms with E-state index in [1.54, 1.807) is 24.3 Å². The van der Waals surface area contributed by atoms with Crippen LogP contribution in [0.5, 0.6) is 0 Å². The number of alkyl halides is 3. The van der Waals surface area contributed by atoms with Crippen molar-refractivity contribution in [1.29, 1.82) is 0 Å². The van der Waals surface area contributed by atoms with E-state index in [9.17, 15) is 22.8 Å². The van der Waals surface area contributed by atoms with Crippen molar-refractivity contribution in [2.24, 2.45) is 0 Å². The van der Waals surface area contributed by atoms with E-state index in [0.29, 0.717) is 23.1 Å². The summed E-state index contributed by atoms with van der Waals surface area (Å²) in [6.07, 6.45) is -3.03. The average Bonchev–Trinajstić information content (AvgIpc) is 3.51. The molecule has 0 spiro atoms. The minimum Gasteiger partial charge on any atom is -0.376 e. The Balaban J connectivity index is 1.50. The summed E-state index contributed by atoms with van der Waals surface area (Å²) in [5.41, 5.74) is -0.970. The van der Waals surface area contributed by atoms with Crippen molar-refractivity contribution in [2.45, 2.75) is 38.2 Å². The molecule has 0 bridgehead atoms. The molecule has 11 heteroatoms. The normalized spacial score (nSPS) is 16.4. The monoisotopic (exact) mass is 472 g/mol. The maximum absolute atomic E-state index is 13.3. The van der Waals surface area contributed by atoms with Crippen LogP contribution in [0, 0.1) is 0 Å². The highest BCUT2D eigenvalue weighted by molar-refractivity contribution is 5.77. The molecule has 3 heterocycles. The number of fused-ring (bicyclic) bond motifs is 1. The van der Waals surface area contributed by atoms with Gasteiger partial charge in [-0.15, -0.1) is 0 Å². The van der Waals surface area contributed by atoms with Crippen LogP contribution >= 0.6 is 0 Å². The molecule has 5 rings (SSSR count). The Morgan fingerprint density at radius 1 is 1.03 bits per heavy atom. The third kappa shape index (κ3) is 4.14. The van der Waals surface area contributed by atoms with Gasteiger partial charge in [-0.05, 0) is 37.1 Å². The van der Waals surface area contributed by atoms with Crippen molar-refractivity contribution < 1.29 is 22.4 Å². The fraction of sp³-hybridized carbons (Fsp3) is 0.304. The van der Waals surface area contributed by atoms with Crippen molar-refractivity contribution in [2.75, 3.05) is 6.61 Å². The lowest BCUT2D eigenvalue weighted by Crippen LogP contribution is -2.42. The molecule has 34 heavy (non-hydrogen) atoms. The summed E-state index contributed by atoms with van der Waals surface area (Å²) in [6.45, 7) is 0.623. The van der Waals surface area contributed by atoms with Crippen LogP contribution in [0.1, 0.15) is 24.3 Å². The van der Waals surface area contributed by atoms with Gasteiger partial charge in [0.15, 0.2) is 0 Å². The molecular formula is C23H19F3N4O4. The van der Waals surface area contributed by atoms with Crippen molar-refractivity contribution >= 4 is 10.9 Å². The van der Waals surface area contributed by atoms with Crippen LogP contribution in [-0.2, 0) is 24.0 Å². The fourth-order valence-corrected chi connectivity index (χ4v) is 4.06. The van der Waals surface area contributed by atoms with E-state index in [4.69, 9.17) is 9.26 Å². The highest BCUT2D eigenvalue weighted by atomic mass is 19.4. The van der Waals surface area contributed by atoms with Gasteiger partial charge in [0.1, 0.15) is 6.54 Å². The second kappa shape index (κ2) is 8.56. The van der Waals surface area contributed by atoms with E-state index in [2.05, 4.69) is 10.1 Å². The zero-order valence-corrected chi connectivity index (χ0v) is 17.8. The number of hydrogen-bond acceptors (Lipinski definition) is 6. The van der Waals surface area contributed by atoms with Crippen molar-refractivity contribution in [3.05, 3.63) is 80.8 Å². The van der Waals surface area contributed by atoms with Crippen LogP contribution in [-0.4, -0.2) is 32.0 Å². The first-order valence-corrected chi connectivity index (χ1v) is 10.7. The van der Waals surface area contributed by atoms with Crippen LogP contribution < -0.4 is 11.2 Å². The largest absolute Gasteiger partial charge is 0.416 e. The number of para-hydroxylation sites is 1. The van der Waals surface area contributed by atoms with E-state index in [1.165, 1.54) is 16.7 Å². The van der Waals surface area contributed by atoms with Gasteiger partial charge in [0.25, 0.3) is 5.56 Å². The second-order valence-corrected chi connectivity index (χ2v) is 8.02. The Morgan fingerprint density at radius 2 is 1.79 bits per heavy atom. The zero-order valence-electron chi connectivity index (χ0n) is 17.8. The molecule has 1 saturated heterocycles. The molecule has 0 N–H and O–H groups in total. The third-order valence-corrected chi connectivity index (χ3v) is 5.77. The van der Waals surface area contributed by atoms with Crippen molar-refractivity contribution in [3.63, 3.8) is 0 Å². The van der Waals surface area contributed by atoms with Crippen LogP contribution in [0.15, 0.2) is 62.6 Å². The number of nitrogens with zero attached hydrogens (tertiary/aromatic N) is 4. The summed E-state index contributed by atoms with van der Waals surface area (Å²) >= 11 is 0. The molecule has 1 fully saturated rings. The predicted octanol–water partition coefficient (Wildman–Crippen LogP) is 3.46. The van der Waals surface area contributed by atoms with Gasteiger partial charge in [-0.3, -0.25) is 13.9 Å². The van der Waals surface area contributed by atoms with Crippen LogP contribution in [0.4, 0.5) is 13.2 Å². The lowest BCUT2D eigenvalue weighted by atomic mass is 10.1. The molecule has 176 valence electrons. The van der Waals surface area contributed by atoms with Gasteiger partial charge in [0, 0.05) is 12.2 Å². The van der Waals surface area contributed by atoms with Crippen LogP contribution in [0.3, 0.4) is 0 Å². The predicted molar refractivity (Wildman–Crippen MR) is 115 cm³/mol. The van der Waals surface area contributed by atoms with Gasteiger partial charge in [0.2, 0.25) is 11.7 Å². The van der Waals surface area contributed by atoms with Gasteiger partial charge >= 0.3 is 11.9 Å². The molecule has 2 aromatic heterocycles. The average molecular weight is 472 g/mol. The summed E-state index contributed by atoms with van der Waals surface area (Å²) in [5, 5.41) is 4.20. The van der Waals surface area contributed by atoms with Gasteiger partial charge in [0.05, 0.1) is 29.1 Å². The Bertz CT molecular complexity index is 1450. The minimum absolute atomic E-state index is 0.0736. The van der Waals surface area contributed by atoms with Crippen LogP contribution in [0.2, 0.25) is 0 Å². The third-order valence-electron chi connectivity index (χ3n) is 5.77. The van der Waals surface area contributed by atoms with Crippen LogP contribution in [0.25, 0.3) is 22.3 Å². The number of rotatable bonds is 5. The molecule has 0 radical (unpaired) electrons. The summed E-state index contributed by atoms with van der Waals surface area (Å²) in [6, 6.07) is 11.1. The molecule has 0 amide bonds. The topological polar surface area (TPSA) is 92.2 Å². The maximum Gasteiger partial charge on any atom is 0.416 e. The Morgan fingerprint density at radius 3 is 2.50 bits per heavy atom. The standard InChI is InChI=1S/C23H19F3N4O4/c24-23(25,26)15-9-7-14(8-10-15)20-27-19(34-28-20)13-29-18-6-2-1-5-17(18)21(31)30(22(29)32)12-16-4-3-11-33-16/h1-2,5-10,16H,3-4,11-13H2/t16-/m0/s1. The van der Waals surface area contributed by atoms with E-state index in [1.807, 2.05) is 0 Å². The lowest BCUT2D eigenvalue weighted by Gasteiger charge is -2.15. The Kier molecular flexibility index (Phi) is 5.56. The quantitative estimate of drug-likeness (QED) is 0.442. The van der Waals surface area contributed by atoms with Gasteiger partial charge in [-0.2, -0.15) is 18.2 Å². The van der Waals surface area contributed by atoms with E-state index < -0.39 is 23.0 Å². The van der Waals surface area contributed by atoms with Gasteiger partial charge < -0.3 is 9.26 Å². The molecule has 8 nitrogen and oxygen atoms in total. The summed E-state index contributed by atoms with van der Waals surface area (Å²) in [5.74, 6) is 0.165. The van der Waals surface area contributed by atoms with E-state index in [-0.39, 0.29) is 30.9 Å². The molecular weight excluding hydrogens is 453 g/mol. The summed E-state index contributed by atoms with van der Waals surface area (Å²) < 4.78 is 51.8. The smallest absolute Gasteiger partial charge is 0.376 e. The lowest BCUT2D eigenvalue weighted by molar-refractivity contribution is -0.137. The highest BCUT2D eigenvalue weighted by Gasteiger charge is 2.30. The van der Waals surface area contributed by atoms with Gasteiger partial charge in [-0.25, -0.2) is 4.79 Å². The molecule has 0 saturated carbocycles. The Labute approximate surface area is 190 Å². The molecule has 2 aromatic carbocycles. The number of aromatic nitrogens is 4. The number of hydrogen-bond donors (Lipinski definition) is 0. The first kappa shape index (κ1) is 22.1. The second-order valence-electron chi connectivity index (χ2n) is 8.02. The first-order chi connectivity index (χ1) is 16.3. The fourth-order valence-electron chi connectivity index (χ4n) is 4.06. The minimum atomic E-state index is -4.45. The molecule has 0 aliphatic carbocycles. The number of benzene rings is 2. The molecule has 1 aliphatic heterocycles. The van der Waals surface area contributed by atoms with Gasteiger partial charge in [-0.1, -0.05) is 29.4 Å². The SMILES string of the molecule is O=c1c2ccccc2n(Cc2nc(-c3ccc(C(F)(F)F)cc3)no2)c(=O)n1C[C@@H]1CCCO1. The summed E-state index contributed by atoms with van der Waals surface area (Å²) in [4.78, 5) is 30.5. The maximum atomic E-state index is 13.3. The Hall–Kier alpha value is -3.73. The molecule has 1 atom stereocenters. The number of halogens is 3. The summed E-state index contributed by atoms with van der Waals surface area (Å²) in [7, 11) is 0. The highest BCUT2D eigenvalue weighted by Crippen LogP contribution is 2.30. The molecule has 0 unspecified atom stereocenters. The van der Waals surface area contributed by atoms with Crippen molar-refractivity contribution in [1.82, 2.24) is 19.3 Å². The zero-order chi connectivity index (χ0) is 23.9. The van der Waals surface area contributed by atoms with E-state index in [0.717, 1.165) is 29.5 Å². The first-order valence-electron chi connectivity index (χ1n) is 10.7.